The van der Waals surface area contributed by atoms with Crippen molar-refractivity contribution in [2.45, 2.75) is 40.3 Å². The van der Waals surface area contributed by atoms with E-state index in [9.17, 15) is 4.79 Å². The van der Waals surface area contributed by atoms with Crippen molar-refractivity contribution >= 4 is 10.9 Å². The normalized spacial score (nSPS) is 13.3. The van der Waals surface area contributed by atoms with Crippen LogP contribution in [0.25, 0.3) is 10.9 Å². The monoisotopic (exact) mass is 333 g/mol. The van der Waals surface area contributed by atoms with Crippen molar-refractivity contribution in [1.82, 2.24) is 14.9 Å². The van der Waals surface area contributed by atoms with Crippen LogP contribution in [0.2, 0.25) is 0 Å². The van der Waals surface area contributed by atoms with Crippen LogP contribution in [-0.4, -0.2) is 42.2 Å². The molecule has 0 saturated heterocycles. The first kappa shape index (κ1) is 18.3. The molecule has 0 aliphatic carbocycles. The summed E-state index contributed by atoms with van der Waals surface area (Å²) in [5.41, 5.74) is 0.568. The Labute approximate surface area is 142 Å². The summed E-state index contributed by atoms with van der Waals surface area (Å²) in [7, 11) is 5.15. The molecule has 1 N–H and O–H groups in total. The Morgan fingerprint density at radius 3 is 2.33 bits per heavy atom. The number of hydrogen-bond acceptors (Lipinski definition) is 5. The van der Waals surface area contributed by atoms with Gasteiger partial charge in [-0.1, -0.05) is 20.8 Å². The molecule has 0 aliphatic heterocycles. The van der Waals surface area contributed by atoms with Crippen LogP contribution in [0.1, 0.15) is 33.5 Å². The summed E-state index contributed by atoms with van der Waals surface area (Å²) < 4.78 is 10.5. The van der Waals surface area contributed by atoms with Gasteiger partial charge in [0.1, 0.15) is 5.82 Å². The van der Waals surface area contributed by atoms with Crippen LogP contribution in [-0.2, 0) is 6.54 Å². The lowest BCUT2D eigenvalue weighted by Gasteiger charge is -2.35. The Bertz CT molecular complexity index is 777. The summed E-state index contributed by atoms with van der Waals surface area (Å²) in [6.07, 6.45) is 0. The van der Waals surface area contributed by atoms with E-state index in [1.807, 2.05) is 7.05 Å². The average Bonchev–Trinajstić information content (AvgIpc) is 2.51. The lowest BCUT2D eigenvalue weighted by Crippen LogP contribution is -2.39. The molecule has 1 atom stereocenters. The molecule has 0 radical (unpaired) electrons. The van der Waals surface area contributed by atoms with Gasteiger partial charge in [-0.2, -0.15) is 0 Å². The summed E-state index contributed by atoms with van der Waals surface area (Å²) in [6.45, 7) is 9.33. The number of fused-ring (bicyclic) bond motifs is 1. The molecule has 132 valence electrons. The fraction of sp³-hybridized carbons (Fsp3) is 0.556. The van der Waals surface area contributed by atoms with E-state index in [1.54, 1.807) is 26.4 Å². The fourth-order valence-electron chi connectivity index (χ4n) is 2.62. The molecule has 0 amide bonds. The zero-order chi connectivity index (χ0) is 18.1. The number of ether oxygens (including phenoxy) is 2. The van der Waals surface area contributed by atoms with Gasteiger partial charge in [-0.15, -0.1) is 0 Å². The maximum atomic E-state index is 12.4. The smallest absolute Gasteiger partial charge is 0.258 e. The maximum absolute atomic E-state index is 12.4. The van der Waals surface area contributed by atoms with Crippen molar-refractivity contribution in [3.05, 3.63) is 28.3 Å². The van der Waals surface area contributed by atoms with Crippen LogP contribution in [0.3, 0.4) is 0 Å². The Morgan fingerprint density at radius 1 is 1.21 bits per heavy atom. The van der Waals surface area contributed by atoms with Crippen molar-refractivity contribution in [2.24, 2.45) is 5.41 Å². The third-order valence-electron chi connectivity index (χ3n) is 4.57. The second-order valence-electron chi connectivity index (χ2n) is 7.19. The molecule has 0 unspecified atom stereocenters. The quantitative estimate of drug-likeness (QED) is 0.911. The first-order valence-corrected chi connectivity index (χ1v) is 8.02. The number of aromatic nitrogens is 2. The highest BCUT2D eigenvalue weighted by Crippen LogP contribution is 2.30. The molecule has 2 rings (SSSR count). The standard InChI is InChI=1S/C18H27N3O3/c1-11(18(2,3)4)21(5)10-16-19-13-9-15(24-7)14(23-6)8-12(13)17(22)20-16/h8-9,11H,10H2,1-7H3,(H,19,20,22)/t11-/m0/s1. The molecule has 0 saturated carbocycles. The molecule has 0 aliphatic rings. The Kier molecular flexibility index (Phi) is 5.18. The lowest BCUT2D eigenvalue weighted by molar-refractivity contribution is 0.132. The van der Waals surface area contributed by atoms with Crippen molar-refractivity contribution in [3.63, 3.8) is 0 Å². The second-order valence-corrected chi connectivity index (χ2v) is 7.19. The minimum Gasteiger partial charge on any atom is -0.493 e. The predicted octanol–water partition coefficient (Wildman–Crippen LogP) is 2.81. The van der Waals surface area contributed by atoms with E-state index < -0.39 is 0 Å². The molecule has 6 nitrogen and oxygen atoms in total. The van der Waals surface area contributed by atoms with Gasteiger partial charge in [0.15, 0.2) is 11.5 Å². The predicted molar refractivity (Wildman–Crippen MR) is 95.9 cm³/mol. The summed E-state index contributed by atoms with van der Waals surface area (Å²) in [6, 6.07) is 3.73. The zero-order valence-corrected chi connectivity index (χ0v) is 15.6. The minimum atomic E-state index is -0.173. The average molecular weight is 333 g/mol. The van der Waals surface area contributed by atoms with Gasteiger partial charge in [0, 0.05) is 12.1 Å². The lowest BCUT2D eigenvalue weighted by atomic mass is 9.87. The molecule has 1 heterocycles. The molecular formula is C18H27N3O3. The van der Waals surface area contributed by atoms with Crippen LogP contribution in [0.15, 0.2) is 16.9 Å². The van der Waals surface area contributed by atoms with Gasteiger partial charge in [-0.25, -0.2) is 4.98 Å². The van der Waals surface area contributed by atoms with E-state index in [1.165, 1.54) is 0 Å². The number of benzene rings is 1. The number of nitrogens with zero attached hydrogens (tertiary/aromatic N) is 2. The fourth-order valence-corrected chi connectivity index (χ4v) is 2.62. The molecule has 1 aromatic heterocycles. The molecule has 0 spiro atoms. The summed E-state index contributed by atoms with van der Waals surface area (Å²) >= 11 is 0. The highest BCUT2D eigenvalue weighted by Gasteiger charge is 2.24. The Morgan fingerprint density at radius 2 is 1.79 bits per heavy atom. The number of aromatic amines is 1. The van der Waals surface area contributed by atoms with Gasteiger partial charge in [0.2, 0.25) is 0 Å². The van der Waals surface area contributed by atoms with E-state index >= 15 is 0 Å². The van der Waals surface area contributed by atoms with E-state index in [0.29, 0.717) is 40.8 Å². The van der Waals surface area contributed by atoms with Gasteiger partial charge in [0.05, 0.1) is 31.7 Å². The van der Waals surface area contributed by atoms with Crippen LogP contribution in [0.4, 0.5) is 0 Å². The minimum absolute atomic E-state index is 0.141. The third-order valence-corrected chi connectivity index (χ3v) is 4.57. The topological polar surface area (TPSA) is 67.5 Å². The summed E-state index contributed by atoms with van der Waals surface area (Å²) in [5.74, 6) is 1.72. The van der Waals surface area contributed by atoms with Gasteiger partial charge in [-0.05, 0) is 25.5 Å². The zero-order valence-electron chi connectivity index (χ0n) is 15.6. The van der Waals surface area contributed by atoms with E-state index in [4.69, 9.17) is 9.47 Å². The van der Waals surface area contributed by atoms with Gasteiger partial charge >= 0.3 is 0 Å². The highest BCUT2D eigenvalue weighted by molar-refractivity contribution is 5.81. The molecular weight excluding hydrogens is 306 g/mol. The second kappa shape index (κ2) is 6.81. The van der Waals surface area contributed by atoms with Gasteiger partial charge in [0.25, 0.3) is 5.56 Å². The number of hydrogen-bond donors (Lipinski definition) is 1. The first-order valence-electron chi connectivity index (χ1n) is 8.02. The first-order chi connectivity index (χ1) is 11.2. The van der Waals surface area contributed by atoms with Crippen molar-refractivity contribution in [1.29, 1.82) is 0 Å². The van der Waals surface area contributed by atoms with Crippen molar-refractivity contribution < 1.29 is 9.47 Å². The maximum Gasteiger partial charge on any atom is 0.258 e. The van der Waals surface area contributed by atoms with E-state index in [-0.39, 0.29) is 11.0 Å². The molecule has 0 fully saturated rings. The Hall–Kier alpha value is -2.08. The molecule has 1 aromatic carbocycles. The molecule has 2 aromatic rings. The summed E-state index contributed by atoms with van der Waals surface area (Å²) in [4.78, 5) is 22.1. The van der Waals surface area contributed by atoms with Gasteiger partial charge in [-0.3, -0.25) is 9.69 Å². The number of H-pyrrole nitrogens is 1. The SMILES string of the molecule is COc1cc2nc(CN(C)[C@@H](C)C(C)(C)C)[nH]c(=O)c2cc1OC. The van der Waals surface area contributed by atoms with E-state index in [2.05, 4.69) is 42.6 Å². The Balaban J connectivity index is 2.41. The third kappa shape index (κ3) is 3.70. The number of rotatable bonds is 5. The van der Waals surface area contributed by atoms with E-state index in [0.717, 1.165) is 0 Å². The number of methoxy groups -OCH3 is 2. The van der Waals surface area contributed by atoms with Gasteiger partial charge < -0.3 is 14.5 Å². The molecule has 24 heavy (non-hydrogen) atoms. The van der Waals surface area contributed by atoms with Crippen LogP contribution < -0.4 is 15.0 Å². The van der Waals surface area contributed by atoms with Crippen LogP contribution in [0, 0.1) is 5.41 Å². The summed E-state index contributed by atoms with van der Waals surface area (Å²) in [5, 5.41) is 0.489. The molecule has 0 bridgehead atoms. The number of nitrogens with one attached hydrogen (secondary N) is 1. The van der Waals surface area contributed by atoms with Crippen LogP contribution in [0.5, 0.6) is 11.5 Å². The van der Waals surface area contributed by atoms with Crippen molar-refractivity contribution in [2.75, 3.05) is 21.3 Å². The largest absolute Gasteiger partial charge is 0.493 e. The molecule has 6 heteroatoms. The van der Waals surface area contributed by atoms with Crippen molar-refractivity contribution in [3.8, 4) is 11.5 Å². The highest BCUT2D eigenvalue weighted by atomic mass is 16.5. The van der Waals surface area contributed by atoms with Crippen LogP contribution >= 0.6 is 0 Å².